The number of hydrogen-bond donors (Lipinski definition) is 1. The Morgan fingerprint density at radius 2 is 1.94 bits per heavy atom. The normalized spacial score (nSPS) is 10.2. The van der Waals surface area contributed by atoms with Gasteiger partial charge in [-0.2, -0.15) is 0 Å². The second-order valence-electron chi connectivity index (χ2n) is 4.04. The Balaban J connectivity index is 1.73. The van der Waals surface area contributed by atoms with E-state index >= 15 is 0 Å². The van der Waals surface area contributed by atoms with Crippen LogP contribution in [0.15, 0.2) is 42.6 Å². The van der Waals surface area contributed by atoms with Crippen LogP contribution in [0.1, 0.15) is 17.7 Å². The van der Waals surface area contributed by atoms with Crippen LogP contribution < -0.4 is 5.32 Å². The predicted octanol–water partition coefficient (Wildman–Crippen LogP) is 2.83. The fourth-order valence-corrected chi connectivity index (χ4v) is 1.67. The number of nitrogens with zero attached hydrogens (tertiary/aromatic N) is 2. The number of nitrogens with one attached hydrogen (secondary N) is 1. The molecule has 0 bridgehead atoms. The topological polar surface area (TPSA) is 37.8 Å². The van der Waals surface area contributed by atoms with Gasteiger partial charge in [0.25, 0.3) is 0 Å². The van der Waals surface area contributed by atoms with E-state index < -0.39 is 0 Å². The van der Waals surface area contributed by atoms with Crippen LogP contribution >= 0.6 is 0 Å². The van der Waals surface area contributed by atoms with Gasteiger partial charge in [-0.3, -0.25) is 0 Å². The SMILES string of the molecule is Cc1ccnc(NCCCc2ccccc2)n1. The number of anilines is 1. The van der Waals surface area contributed by atoms with Crippen LogP contribution in [-0.2, 0) is 6.42 Å². The zero-order valence-corrected chi connectivity index (χ0v) is 10.1. The molecule has 0 atom stereocenters. The quantitative estimate of drug-likeness (QED) is 0.798. The molecule has 1 aromatic carbocycles. The van der Waals surface area contributed by atoms with E-state index in [0.29, 0.717) is 0 Å². The summed E-state index contributed by atoms with van der Waals surface area (Å²) >= 11 is 0. The number of hydrogen-bond acceptors (Lipinski definition) is 3. The molecule has 1 N–H and O–H groups in total. The number of aromatic nitrogens is 2. The largest absolute Gasteiger partial charge is 0.354 e. The zero-order chi connectivity index (χ0) is 11.9. The van der Waals surface area contributed by atoms with Gasteiger partial charge in [0, 0.05) is 18.4 Å². The summed E-state index contributed by atoms with van der Waals surface area (Å²) in [5.74, 6) is 0.720. The molecule has 2 aromatic rings. The van der Waals surface area contributed by atoms with Crippen LogP contribution in [0, 0.1) is 6.92 Å². The first-order valence-electron chi connectivity index (χ1n) is 5.92. The molecule has 3 nitrogen and oxygen atoms in total. The molecular weight excluding hydrogens is 210 g/mol. The summed E-state index contributed by atoms with van der Waals surface area (Å²) in [4.78, 5) is 8.46. The molecule has 0 amide bonds. The van der Waals surface area contributed by atoms with Crippen LogP contribution in [0.2, 0.25) is 0 Å². The summed E-state index contributed by atoms with van der Waals surface area (Å²) < 4.78 is 0. The predicted molar refractivity (Wildman–Crippen MR) is 70.0 cm³/mol. The molecule has 3 heteroatoms. The average molecular weight is 227 g/mol. The van der Waals surface area contributed by atoms with Gasteiger partial charge >= 0.3 is 0 Å². The van der Waals surface area contributed by atoms with Gasteiger partial charge in [0.2, 0.25) is 5.95 Å². The lowest BCUT2D eigenvalue weighted by Gasteiger charge is -2.05. The maximum atomic E-state index is 4.30. The first-order valence-corrected chi connectivity index (χ1v) is 5.92. The van der Waals surface area contributed by atoms with Crippen molar-refractivity contribution in [2.75, 3.05) is 11.9 Å². The Morgan fingerprint density at radius 3 is 2.71 bits per heavy atom. The fourth-order valence-electron chi connectivity index (χ4n) is 1.67. The van der Waals surface area contributed by atoms with Crippen molar-refractivity contribution in [3.63, 3.8) is 0 Å². The summed E-state index contributed by atoms with van der Waals surface area (Å²) in [5.41, 5.74) is 2.37. The minimum absolute atomic E-state index is 0.720. The summed E-state index contributed by atoms with van der Waals surface area (Å²) in [6.45, 7) is 2.87. The van der Waals surface area contributed by atoms with E-state index in [1.807, 2.05) is 19.1 Å². The maximum Gasteiger partial charge on any atom is 0.222 e. The number of aryl methyl sites for hydroxylation is 2. The van der Waals surface area contributed by atoms with E-state index in [1.165, 1.54) is 5.56 Å². The monoisotopic (exact) mass is 227 g/mol. The third kappa shape index (κ3) is 3.87. The smallest absolute Gasteiger partial charge is 0.222 e. The van der Waals surface area contributed by atoms with Crippen molar-refractivity contribution >= 4 is 5.95 Å². The van der Waals surface area contributed by atoms with Gasteiger partial charge in [-0.15, -0.1) is 0 Å². The van der Waals surface area contributed by atoms with Crippen LogP contribution in [0.3, 0.4) is 0 Å². The van der Waals surface area contributed by atoms with Gasteiger partial charge in [-0.1, -0.05) is 30.3 Å². The van der Waals surface area contributed by atoms with Crippen molar-refractivity contribution in [2.24, 2.45) is 0 Å². The van der Waals surface area contributed by atoms with Crippen molar-refractivity contribution in [3.8, 4) is 0 Å². The molecule has 0 unspecified atom stereocenters. The van der Waals surface area contributed by atoms with Crippen molar-refractivity contribution < 1.29 is 0 Å². The third-order valence-electron chi connectivity index (χ3n) is 2.56. The minimum Gasteiger partial charge on any atom is -0.354 e. The lowest BCUT2D eigenvalue weighted by molar-refractivity contribution is 0.851. The summed E-state index contributed by atoms with van der Waals surface area (Å²) in [6.07, 6.45) is 3.95. The van der Waals surface area contributed by atoms with Gasteiger partial charge < -0.3 is 5.32 Å². The third-order valence-corrected chi connectivity index (χ3v) is 2.56. The highest BCUT2D eigenvalue weighted by Gasteiger charge is 1.95. The van der Waals surface area contributed by atoms with E-state index in [2.05, 4.69) is 39.6 Å². The number of benzene rings is 1. The molecule has 0 aliphatic carbocycles. The van der Waals surface area contributed by atoms with Gasteiger partial charge in [-0.25, -0.2) is 9.97 Å². The molecule has 0 fully saturated rings. The van der Waals surface area contributed by atoms with Gasteiger partial charge in [-0.05, 0) is 31.4 Å². The zero-order valence-electron chi connectivity index (χ0n) is 10.1. The van der Waals surface area contributed by atoms with Crippen LogP contribution in [0.25, 0.3) is 0 Å². The molecule has 0 radical (unpaired) electrons. The van der Waals surface area contributed by atoms with Crippen LogP contribution in [0.5, 0.6) is 0 Å². The molecule has 0 spiro atoms. The highest BCUT2D eigenvalue weighted by atomic mass is 15.1. The van der Waals surface area contributed by atoms with Gasteiger partial charge in [0.05, 0.1) is 0 Å². The van der Waals surface area contributed by atoms with E-state index in [9.17, 15) is 0 Å². The summed E-state index contributed by atoms with van der Waals surface area (Å²) in [6, 6.07) is 12.4. The highest BCUT2D eigenvalue weighted by Crippen LogP contribution is 2.03. The fraction of sp³-hybridized carbons (Fsp3) is 0.286. The van der Waals surface area contributed by atoms with E-state index in [0.717, 1.165) is 31.0 Å². The van der Waals surface area contributed by atoms with E-state index in [1.54, 1.807) is 6.20 Å². The summed E-state index contributed by atoms with van der Waals surface area (Å²) in [7, 11) is 0. The van der Waals surface area contributed by atoms with Crippen molar-refractivity contribution in [3.05, 3.63) is 53.9 Å². The molecular formula is C14H17N3. The molecule has 2 rings (SSSR count). The first-order chi connectivity index (χ1) is 8.34. The van der Waals surface area contributed by atoms with Gasteiger partial charge in [0.1, 0.15) is 0 Å². The van der Waals surface area contributed by atoms with Crippen molar-refractivity contribution in [2.45, 2.75) is 19.8 Å². The molecule has 1 heterocycles. The second-order valence-corrected chi connectivity index (χ2v) is 4.04. The molecule has 1 aromatic heterocycles. The van der Waals surface area contributed by atoms with Crippen molar-refractivity contribution in [1.82, 2.24) is 9.97 Å². The average Bonchev–Trinajstić information content (AvgIpc) is 2.36. The molecule has 0 saturated carbocycles. The Bertz CT molecular complexity index is 454. The van der Waals surface area contributed by atoms with Crippen LogP contribution in [-0.4, -0.2) is 16.5 Å². The highest BCUT2D eigenvalue weighted by molar-refractivity contribution is 5.24. The number of rotatable bonds is 5. The second kappa shape index (κ2) is 5.99. The Labute approximate surface area is 102 Å². The maximum absolute atomic E-state index is 4.30. The molecule has 0 saturated heterocycles. The minimum atomic E-state index is 0.720. The lowest BCUT2D eigenvalue weighted by atomic mass is 10.1. The Kier molecular flexibility index (Phi) is 4.08. The molecule has 17 heavy (non-hydrogen) atoms. The molecule has 88 valence electrons. The Morgan fingerprint density at radius 1 is 1.12 bits per heavy atom. The molecule has 0 aliphatic heterocycles. The van der Waals surface area contributed by atoms with E-state index in [4.69, 9.17) is 0 Å². The van der Waals surface area contributed by atoms with Gasteiger partial charge in [0.15, 0.2) is 0 Å². The van der Waals surface area contributed by atoms with Crippen LogP contribution in [0.4, 0.5) is 5.95 Å². The summed E-state index contributed by atoms with van der Waals surface area (Å²) in [5, 5.41) is 3.23. The Hall–Kier alpha value is -1.90. The standard InChI is InChI=1S/C14H17N3/c1-12-9-11-16-14(17-12)15-10-5-8-13-6-3-2-4-7-13/h2-4,6-7,9,11H,5,8,10H2,1H3,(H,15,16,17). The first kappa shape index (κ1) is 11.6. The van der Waals surface area contributed by atoms with E-state index in [-0.39, 0.29) is 0 Å². The van der Waals surface area contributed by atoms with Crippen molar-refractivity contribution in [1.29, 1.82) is 0 Å². The lowest BCUT2D eigenvalue weighted by Crippen LogP contribution is -2.06. The molecule has 0 aliphatic rings.